The second-order valence-corrected chi connectivity index (χ2v) is 3.52. The van der Waals surface area contributed by atoms with E-state index in [1.54, 1.807) is 19.1 Å². The first-order valence-corrected chi connectivity index (χ1v) is 5.17. The fraction of sp³-hybridized carbons (Fsp3) is 0.231. The van der Waals surface area contributed by atoms with Gasteiger partial charge in [0.25, 0.3) is 0 Å². The second kappa shape index (κ2) is 6.33. The van der Waals surface area contributed by atoms with Gasteiger partial charge in [0.2, 0.25) is 5.76 Å². The minimum atomic E-state index is -1.14. The molecule has 0 aliphatic rings. The van der Waals surface area contributed by atoms with Gasteiger partial charge < -0.3 is 9.84 Å². The molecule has 0 radical (unpaired) electrons. The van der Waals surface area contributed by atoms with Gasteiger partial charge in [0.05, 0.1) is 12.5 Å². The van der Waals surface area contributed by atoms with Crippen LogP contribution in [0.1, 0.15) is 18.9 Å². The molecule has 1 N–H and O–H groups in total. The summed E-state index contributed by atoms with van der Waals surface area (Å²) in [6.07, 6.45) is 1.15. The van der Waals surface area contributed by atoms with Crippen molar-refractivity contribution >= 4 is 12.0 Å². The van der Waals surface area contributed by atoms with Gasteiger partial charge >= 0.3 is 5.97 Å². The minimum Gasteiger partial charge on any atom is -0.482 e. The van der Waals surface area contributed by atoms with Gasteiger partial charge in [-0.3, -0.25) is 0 Å². The first-order valence-electron chi connectivity index (χ1n) is 5.17. The predicted octanol–water partition coefficient (Wildman–Crippen LogP) is 2.43. The summed E-state index contributed by atoms with van der Waals surface area (Å²) >= 11 is 0. The molecule has 0 heterocycles. The topological polar surface area (TPSA) is 70.3 Å². The summed E-state index contributed by atoms with van der Waals surface area (Å²) in [5.41, 5.74) is 0.744. The number of hydrogen-bond acceptors (Lipinski definition) is 3. The lowest BCUT2D eigenvalue weighted by Crippen LogP contribution is -2.12. The zero-order valence-corrected chi connectivity index (χ0v) is 9.46. The van der Waals surface area contributed by atoms with E-state index >= 15 is 0 Å². The number of benzene rings is 1. The Morgan fingerprint density at radius 1 is 1.53 bits per heavy atom. The van der Waals surface area contributed by atoms with Gasteiger partial charge in [-0.05, 0) is 18.6 Å². The average Bonchev–Trinajstić information content (AvgIpc) is 2.29. The largest absolute Gasteiger partial charge is 0.482 e. The first-order chi connectivity index (χ1) is 8.13. The number of nitriles is 1. The minimum absolute atomic E-state index is 0.152. The monoisotopic (exact) mass is 231 g/mol. The highest BCUT2D eigenvalue weighted by molar-refractivity contribution is 5.89. The molecular formula is C13H13NO3. The van der Waals surface area contributed by atoms with Crippen LogP contribution in [0.25, 0.3) is 6.08 Å². The fourth-order valence-corrected chi connectivity index (χ4v) is 1.23. The quantitative estimate of drug-likeness (QED) is 0.624. The van der Waals surface area contributed by atoms with E-state index < -0.39 is 12.1 Å². The number of nitrogens with zero attached hydrogens (tertiary/aromatic N) is 1. The first kappa shape index (κ1) is 12.8. The molecule has 0 aliphatic heterocycles. The molecule has 0 spiro atoms. The third-order valence-electron chi connectivity index (χ3n) is 2.02. The summed E-state index contributed by atoms with van der Waals surface area (Å²) in [4.78, 5) is 11.0. The zero-order valence-electron chi connectivity index (χ0n) is 9.46. The van der Waals surface area contributed by atoms with Crippen molar-refractivity contribution < 1.29 is 14.6 Å². The van der Waals surface area contributed by atoms with E-state index in [4.69, 9.17) is 15.1 Å². The molecule has 1 aromatic rings. The molecule has 0 aromatic heterocycles. The number of ether oxygens (including phenoxy) is 1. The molecule has 1 rings (SSSR count). The summed E-state index contributed by atoms with van der Waals surface area (Å²) in [5.74, 6) is -1.29. The second-order valence-electron chi connectivity index (χ2n) is 3.52. The number of hydrogen-bond donors (Lipinski definition) is 1. The maximum Gasteiger partial charge on any atom is 0.371 e. The molecule has 1 unspecified atom stereocenters. The molecule has 4 nitrogen and oxygen atoms in total. The van der Waals surface area contributed by atoms with Gasteiger partial charge in [0.1, 0.15) is 6.10 Å². The number of rotatable bonds is 5. The van der Waals surface area contributed by atoms with Crippen LogP contribution in [0.3, 0.4) is 0 Å². The molecule has 4 heteroatoms. The van der Waals surface area contributed by atoms with Crippen LogP contribution in [0.15, 0.2) is 36.1 Å². The lowest BCUT2D eigenvalue weighted by atomic mass is 10.2. The molecule has 0 saturated heterocycles. The van der Waals surface area contributed by atoms with E-state index in [1.807, 2.05) is 24.3 Å². The number of carbonyl (C=O) groups is 1. The molecule has 0 bridgehead atoms. The van der Waals surface area contributed by atoms with Crippen molar-refractivity contribution in [2.45, 2.75) is 19.4 Å². The van der Waals surface area contributed by atoms with E-state index in [-0.39, 0.29) is 12.2 Å². The Morgan fingerprint density at radius 3 is 2.71 bits per heavy atom. The third-order valence-corrected chi connectivity index (χ3v) is 2.02. The number of carboxylic acids is 1. The summed E-state index contributed by atoms with van der Waals surface area (Å²) < 4.78 is 5.20. The Balaban J connectivity index is 2.84. The SMILES string of the molecule is CC(CC#N)OC(=Cc1ccccc1)C(=O)O. The van der Waals surface area contributed by atoms with E-state index in [0.717, 1.165) is 5.56 Å². The molecule has 0 saturated carbocycles. The molecule has 0 fully saturated rings. The Kier molecular flexibility index (Phi) is 4.77. The number of carboxylic acid groups (broad SMARTS) is 1. The van der Waals surface area contributed by atoms with Crippen molar-refractivity contribution in [3.05, 3.63) is 41.7 Å². The Morgan fingerprint density at radius 2 is 2.18 bits per heavy atom. The molecule has 1 atom stereocenters. The molecule has 0 aliphatic carbocycles. The summed E-state index contributed by atoms with van der Waals surface area (Å²) in [7, 11) is 0. The highest BCUT2D eigenvalue weighted by Gasteiger charge is 2.12. The van der Waals surface area contributed by atoms with Crippen molar-refractivity contribution in [1.29, 1.82) is 5.26 Å². The third kappa shape index (κ3) is 4.39. The van der Waals surface area contributed by atoms with Gasteiger partial charge in [-0.2, -0.15) is 5.26 Å². The average molecular weight is 231 g/mol. The van der Waals surface area contributed by atoms with Gasteiger partial charge in [0, 0.05) is 0 Å². The van der Waals surface area contributed by atoms with Gasteiger partial charge in [0.15, 0.2) is 0 Å². The van der Waals surface area contributed by atoms with E-state index in [1.165, 1.54) is 6.08 Å². The van der Waals surface area contributed by atoms with Crippen LogP contribution in [0.2, 0.25) is 0 Å². The van der Waals surface area contributed by atoms with E-state index in [2.05, 4.69) is 0 Å². The van der Waals surface area contributed by atoms with Crippen LogP contribution in [-0.2, 0) is 9.53 Å². The van der Waals surface area contributed by atoms with Crippen LogP contribution in [0, 0.1) is 11.3 Å². The molecule has 1 aromatic carbocycles. The van der Waals surface area contributed by atoms with Crippen LogP contribution in [0.5, 0.6) is 0 Å². The van der Waals surface area contributed by atoms with Crippen molar-refractivity contribution in [2.75, 3.05) is 0 Å². The zero-order chi connectivity index (χ0) is 12.7. The lowest BCUT2D eigenvalue weighted by molar-refractivity contribution is -0.137. The predicted molar refractivity (Wildman–Crippen MR) is 62.8 cm³/mol. The molecule has 88 valence electrons. The highest BCUT2D eigenvalue weighted by Crippen LogP contribution is 2.11. The summed E-state index contributed by atoms with van der Waals surface area (Å²) in [6, 6.07) is 11.0. The van der Waals surface area contributed by atoms with E-state index in [9.17, 15) is 4.79 Å². The van der Waals surface area contributed by atoms with Crippen molar-refractivity contribution in [3.8, 4) is 6.07 Å². The molecule has 0 amide bonds. The Bertz CT molecular complexity index is 445. The number of aliphatic carboxylic acids is 1. The van der Waals surface area contributed by atoms with Crippen LogP contribution in [-0.4, -0.2) is 17.2 Å². The van der Waals surface area contributed by atoms with Gasteiger partial charge in [-0.25, -0.2) is 4.79 Å². The van der Waals surface area contributed by atoms with Crippen molar-refractivity contribution in [3.63, 3.8) is 0 Å². The maximum atomic E-state index is 11.0. The molecular weight excluding hydrogens is 218 g/mol. The normalized spacial score (nSPS) is 12.6. The van der Waals surface area contributed by atoms with Gasteiger partial charge in [-0.1, -0.05) is 30.3 Å². The standard InChI is InChI=1S/C13H13NO3/c1-10(7-8-14)17-12(13(15)16)9-11-5-3-2-4-6-11/h2-6,9-10H,7H2,1H3,(H,15,16). The van der Waals surface area contributed by atoms with Crippen LogP contribution >= 0.6 is 0 Å². The molecule has 17 heavy (non-hydrogen) atoms. The lowest BCUT2D eigenvalue weighted by Gasteiger charge is -2.11. The Hall–Kier alpha value is -2.28. The van der Waals surface area contributed by atoms with E-state index in [0.29, 0.717) is 0 Å². The van der Waals surface area contributed by atoms with Gasteiger partial charge in [-0.15, -0.1) is 0 Å². The maximum absolute atomic E-state index is 11.0. The van der Waals surface area contributed by atoms with Crippen LogP contribution in [0.4, 0.5) is 0 Å². The Labute approximate surface area is 99.8 Å². The fourth-order valence-electron chi connectivity index (χ4n) is 1.23. The summed E-state index contributed by atoms with van der Waals surface area (Å²) in [5, 5.41) is 17.5. The summed E-state index contributed by atoms with van der Waals surface area (Å²) in [6.45, 7) is 1.66. The van der Waals surface area contributed by atoms with Crippen molar-refractivity contribution in [2.24, 2.45) is 0 Å². The highest BCUT2D eigenvalue weighted by atomic mass is 16.5. The van der Waals surface area contributed by atoms with Crippen LogP contribution < -0.4 is 0 Å². The van der Waals surface area contributed by atoms with Crippen molar-refractivity contribution in [1.82, 2.24) is 0 Å². The smallest absolute Gasteiger partial charge is 0.371 e.